The van der Waals surface area contributed by atoms with E-state index in [0.29, 0.717) is 30.3 Å². The first kappa shape index (κ1) is 10.9. The number of amides is 1. The number of fused-ring (bicyclic) bond motifs is 2. The third kappa shape index (κ3) is 2.17. The lowest BCUT2D eigenvalue weighted by atomic mass is 9.98. The lowest BCUT2D eigenvalue weighted by Crippen LogP contribution is -2.48. The Balaban J connectivity index is 2.01. The molecule has 2 saturated heterocycles. The summed E-state index contributed by atoms with van der Waals surface area (Å²) in [7, 11) is 0. The summed E-state index contributed by atoms with van der Waals surface area (Å²) in [6.45, 7) is 4.16. The second kappa shape index (κ2) is 4.12. The molecule has 2 bridgehead atoms. The molecule has 86 valence electrons. The maximum absolute atomic E-state index is 12.0. The molecule has 1 N–H and O–H groups in total. The van der Waals surface area contributed by atoms with Crippen molar-refractivity contribution in [2.24, 2.45) is 5.92 Å². The quantitative estimate of drug-likeness (QED) is 0.752. The fourth-order valence-corrected chi connectivity index (χ4v) is 3.01. The second-order valence-electron chi connectivity index (χ2n) is 5.41. The normalized spacial score (nSPS) is 34.9. The van der Waals surface area contributed by atoms with Crippen LogP contribution in [0.25, 0.3) is 0 Å². The van der Waals surface area contributed by atoms with Gasteiger partial charge in [0.25, 0.3) is 0 Å². The van der Waals surface area contributed by atoms with Gasteiger partial charge in [-0.25, -0.2) is 0 Å². The molecule has 3 heteroatoms. The highest BCUT2D eigenvalue weighted by molar-refractivity contribution is 5.77. The van der Waals surface area contributed by atoms with Gasteiger partial charge in [0.2, 0.25) is 5.91 Å². The van der Waals surface area contributed by atoms with Gasteiger partial charge in [0.1, 0.15) is 0 Å². The zero-order valence-corrected chi connectivity index (χ0v) is 9.65. The third-order valence-corrected chi connectivity index (χ3v) is 3.58. The Morgan fingerprint density at radius 2 is 1.87 bits per heavy atom. The molecule has 0 aliphatic carbocycles. The Morgan fingerprint density at radius 1 is 1.33 bits per heavy atom. The molecular weight excluding hydrogens is 190 g/mol. The van der Waals surface area contributed by atoms with Gasteiger partial charge < -0.3 is 10.0 Å². The summed E-state index contributed by atoms with van der Waals surface area (Å²) in [5.41, 5.74) is 0. The SMILES string of the molecule is CC(C)CC(=O)N1C2CCC1CC(O)C2. The minimum absolute atomic E-state index is 0.175. The van der Waals surface area contributed by atoms with Gasteiger partial charge in [-0.2, -0.15) is 0 Å². The van der Waals surface area contributed by atoms with Crippen LogP contribution in [0.4, 0.5) is 0 Å². The zero-order valence-electron chi connectivity index (χ0n) is 9.65. The third-order valence-electron chi connectivity index (χ3n) is 3.58. The molecular formula is C12H21NO2. The van der Waals surface area contributed by atoms with E-state index in [0.717, 1.165) is 25.7 Å². The van der Waals surface area contributed by atoms with Crippen LogP contribution in [0.3, 0.4) is 0 Å². The van der Waals surface area contributed by atoms with Crippen molar-refractivity contribution in [1.82, 2.24) is 4.90 Å². The smallest absolute Gasteiger partial charge is 0.223 e. The highest BCUT2D eigenvalue weighted by Gasteiger charge is 2.42. The fraction of sp³-hybridized carbons (Fsp3) is 0.917. The van der Waals surface area contributed by atoms with Gasteiger partial charge in [-0.15, -0.1) is 0 Å². The number of carbonyl (C=O) groups excluding carboxylic acids is 1. The van der Waals surface area contributed by atoms with Gasteiger partial charge in [0.15, 0.2) is 0 Å². The Morgan fingerprint density at radius 3 is 2.33 bits per heavy atom. The molecule has 2 atom stereocenters. The highest BCUT2D eigenvalue weighted by atomic mass is 16.3. The first-order valence-corrected chi connectivity index (χ1v) is 6.07. The van der Waals surface area contributed by atoms with E-state index in [1.165, 1.54) is 0 Å². The Hall–Kier alpha value is -0.570. The monoisotopic (exact) mass is 211 g/mol. The van der Waals surface area contributed by atoms with Crippen LogP contribution in [0.5, 0.6) is 0 Å². The van der Waals surface area contributed by atoms with Crippen molar-refractivity contribution in [2.75, 3.05) is 0 Å². The van der Waals surface area contributed by atoms with Gasteiger partial charge in [-0.3, -0.25) is 4.79 Å². The molecule has 2 aliphatic rings. The molecule has 3 nitrogen and oxygen atoms in total. The first-order chi connectivity index (χ1) is 7.08. The Kier molecular flexibility index (Phi) is 3.01. The van der Waals surface area contributed by atoms with E-state index in [-0.39, 0.29) is 6.10 Å². The van der Waals surface area contributed by atoms with Crippen molar-refractivity contribution in [3.63, 3.8) is 0 Å². The first-order valence-electron chi connectivity index (χ1n) is 6.07. The van der Waals surface area contributed by atoms with Crippen molar-refractivity contribution in [3.05, 3.63) is 0 Å². The fourth-order valence-electron chi connectivity index (χ4n) is 3.01. The van der Waals surface area contributed by atoms with Gasteiger partial charge >= 0.3 is 0 Å². The number of carbonyl (C=O) groups is 1. The predicted molar refractivity (Wildman–Crippen MR) is 58.4 cm³/mol. The van der Waals surface area contributed by atoms with E-state index in [4.69, 9.17) is 0 Å². The number of aliphatic hydroxyl groups is 1. The summed E-state index contributed by atoms with van der Waals surface area (Å²) >= 11 is 0. The summed E-state index contributed by atoms with van der Waals surface area (Å²) in [5, 5.41) is 9.63. The van der Waals surface area contributed by atoms with Crippen LogP contribution >= 0.6 is 0 Å². The molecule has 2 unspecified atom stereocenters. The summed E-state index contributed by atoms with van der Waals surface area (Å²) < 4.78 is 0. The largest absolute Gasteiger partial charge is 0.393 e. The van der Waals surface area contributed by atoms with Crippen LogP contribution in [0.1, 0.15) is 46.0 Å². The topological polar surface area (TPSA) is 40.5 Å². The molecule has 0 spiro atoms. The molecule has 0 aromatic carbocycles. The predicted octanol–water partition coefficient (Wildman–Crippen LogP) is 1.55. The van der Waals surface area contributed by atoms with E-state index < -0.39 is 0 Å². The summed E-state index contributed by atoms with van der Waals surface area (Å²) in [6.07, 6.45) is 4.24. The summed E-state index contributed by atoms with van der Waals surface area (Å²) in [4.78, 5) is 14.1. The maximum atomic E-state index is 12.0. The van der Waals surface area contributed by atoms with E-state index in [2.05, 4.69) is 18.7 Å². The van der Waals surface area contributed by atoms with E-state index in [9.17, 15) is 9.90 Å². The minimum atomic E-state index is -0.175. The Bertz CT molecular complexity index is 238. The summed E-state index contributed by atoms with van der Waals surface area (Å²) in [6, 6.07) is 0.648. The Labute approximate surface area is 91.5 Å². The van der Waals surface area contributed by atoms with E-state index in [1.54, 1.807) is 0 Å². The number of piperidine rings is 1. The van der Waals surface area contributed by atoms with Crippen LogP contribution in [0.2, 0.25) is 0 Å². The minimum Gasteiger partial charge on any atom is -0.393 e. The van der Waals surface area contributed by atoms with Crippen LogP contribution in [0, 0.1) is 5.92 Å². The summed E-state index contributed by atoms with van der Waals surface area (Å²) in [5.74, 6) is 0.730. The number of rotatable bonds is 2. The van der Waals surface area contributed by atoms with Crippen molar-refractivity contribution in [2.45, 2.75) is 64.1 Å². The van der Waals surface area contributed by atoms with Gasteiger partial charge in [0, 0.05) is 18.5 Å². The van der Waals surface area contributed by atoms with Crippen molar-refractivity contribution in [3.8, 4) is 0 Å². The number of hydrogen-bond donors (Lipinski definition) is 1. The van der Waals surface area contributed by atoms with Crippen molar-refractivity contribution in [1.29, 1.82) is 0 Å². The maximum Gasteiger partial charge on any atom is 0.223 e. The molecule has 0 radical (unpaired) electrons. The molecule has 0 aromatic rings. The van der Waals surface area contributed by atoms with Gasteiger partial charge in [0.05, 0.1) is 6.10 Å². The van der Waals surface area contributed by atoms with Crippen molar-refractivity contribution >= 4 is 5.91 Å². The van der Waals surface area contributed by atoms with E-state index in [1.807, 2.05) is 0 Å². The van der Waals surface area contributed by atoms with Crippen LogP contribution in [-0.4, -0.2) is 34.1 Å². The van der Waals surface area contributed by atoms with Gasteiger partial charge in [-0.1, -0.05) is 13.8 Å². The second-order valence-corrected chi connectivity index (χ2v) is 5.41. The highest BCUT2D eigenvalue weighted by Crippen LogP contribution is 2.36. The standard InChI is InChI=1S/C12H21NO2/c1-8(2)5-12(15)13-9-3-4-10(13)7-11(14)6-9/h8-11,14H,3-7H2,1-2H3. The number of hydrogen-bond acceptors (Lipinski definition) is 2. The average Bonchev–Trinajstić information content (AvgIpc) is 2.38. The molecule has 0 aromatic heterocycles. The molecule has 2 fully saturated rings. The number of nitrogens with zero attached hydrogens (tertiary/aromatic N) is 1. The number of aliphatic hydroxyl groups excluding tert-OH is 1. The van der Waals surface area contributed by atoms with E-state index >= 15 is 0 Å². The molecule has 15 heavy (non-hydrogen) atoms. The van der Waals surface area contributed by atoms with Gasteiger partial charge in [-0.05, 0) is 31.6 Å². The van der Waals surface area contributed by atoms with Crippen LogP contribution in [0.15, 0.2) is 0 Å². The molecule has 0 saturated carbocycles. The lowest BCUT2D eigenvalue weighted by molar-refractivity contribution is -0.138. The van der Waals surface area contributed by atoms with Crippen LogP contribution in [-0.2, 0) is 4.79 Å². The lowest BCUT2D eigenvalue weighted by Gasteiger charge is -2.37. The zero-order chi connectivity index (χ0) is 11.0. The van der Waals surface area contributed by atoms with Crippen molar-refractivity contribution < 1.29 is 9.90 Å². The molecule has 2 aliphatic heterocycles. The molecule has 2 heterocycles. The average molecular weight is 211 g/mol. The molecule has 1 amide bonds. The molecule has 2 rings (SSSR count). The van der Waals surface area contributed by atoms with Crippen LogP contribution < -0.4 is 0 Å².